The molecule has 0 saturated carbocycles. The lowest BCUT2D eigenvalue weighted by Gasteiger charge is -2.10. The van der Waals surface area contributed by atoms with Crippen LogP contribution in [0.2, 0.25) is 0 Å². The summed E-state index contributed by atoms with van der Waals surface area (Å²) in [5.41, 5.74) is 0.916. The van der Waals surface area contributed by atoms with Gasteiger partial charge in [-0.2, -0.15) is 0 Å². The average molecular weight is 427 g/mol. The molecule has 0 atom stereocenters. The van der Waals surface area contributed by atoms with Gasteiger partial charge in [0.15, 0.2) is 0 Å². The standard InChI is InChI=1S/C17H19BrN2O4S/c1-2-3-11-24-17(21)19-14-7-9-16(10-8-14)25(22,23)20-15-6-4-5-13(18)12-15/h4-10,12,20H,2-3,11H2,1H3,(H,19,21). The van der Waals surface area contributed by atoms with E-state index in [0.29, 0.717) is 18.0 Å². The maximum atomic E-state index is 12.4. The molecule has 0 aliphatic rings. The number of unbranched alkanes of at least 4 members (excludes halogenated alkanes) is 1. The molecule has 0 spiro atoms. The molecule has 0 aromatic heterocycles. The summed E-state index contributed by atoms with van der Waals surface area (Å²) in [4.78, 5) is 11.7. The van der Waals surface area contributed by atoms with E-state index in [4.69, 9.17) is 4.74 Å². The molecule has 1 amide bonds. The molecule has 2 aromatic rings. The number of carbonyl (C=O) groups excluding carboxylic acids is 1. The zero-order valence-corrected chi connectivity index (χ0v) is 16.1. The van der Waals surface area contributed by atoms with Crippen molar-refractivity contribution in [3.63, 3.8) is 0 Å². The molecule has 0 aliphatic heterocycles. The molecule has 0 unspecified atom stereocenters. The molecule has 2 aromatic carbocycles. The van der Waals surface area contributed by atoms with E-state index in [-0.39, 0.29) is 4.90 Å². The smallest absolute Gasteiger partial charge is 0.411 e. The number of halogens is 1. The Bertz CT molecular complexity index is 823. The maximum Gasteiger partial charge on any atom is 0.411 e. The van der Waals surface area contributed by atoms with Crippen LogP contribution >= 0.6 is 15.9 Å². The molecule has 2 N–H and O–H groups in total. The lowest BCUT2D eigenvalue weighted by molar-refractivity contribution is 0.160. The van der Waals surface area contributed by atoms with Crippen LogP contribution in [0.5, 0.6) is 0 Å². The zero-order valence-electron chi connectivity index (χ0n) is 13.7. The van der Waals surface area contributed by atoms with E-state index in [0.717, 1.165) is 17.3 Å². The van der Waals surface area contributed by atoms with Gasteiger partial charge in [0, 0.05) is 15.8 Å². The first kappa shape index (κ1) is 19.3. The van der Waals surface area contributed by atoms with Gasteiger partial charge < -0.3 is 4.74 Å². The Morgan fingerprint density at radius 1 is 1.12 bits per heavy atom. The van der Waals surface area contributed by atoms with E-state index in [1.54, 1.807) is 24.3 Å². The summed E-state index contributed by atoms with van der Waals surface area (Å²) in [6.07, 6.45) is 1.17. The average Bonchev–Trinajstić information content (AvgIpc) is 2.55. The third kappa shape index (κ3) is 6.06. The second-order valence-electron chi connectivity index (χ2n) is 5.25. The Morgan fingerprint density at radius 2 is 1.84 bits per heavy atom. The Morgan fingerprint density at radius 3 is 2.48 bits per heavy atom. The van der Waals surface area contributed by atoms with Crippen molar-refractivity contribution in [2.24, 2.45) is 0 Å². The summed E-state index contributed by atoms with van der Waals surface area (Å²) in [6.45, 7) is 2.36. The highest BCUT2D eigenvalue weighted by Gasteiger charge is 2.14. The van der Waals surface area contributed by atoms with Gasteiger partial charge in [-0.05, 0) is 48.9 Å². The number of nitrogens with one attached hydrogen (secondary N) is 2. The van der Waals surface area contributed by atoms with Crippen LogP contribution < -0.4 is 10.0 Å². The van der Waals surface area contributed by atoms with Gasteiger partial charge in [0.2, 0.25) is 0 Å². The van der Waals surface area contributed by atoms with Gasteiger partial charge in [0.05, 0.1) is 11.5 Å². The fourth-order valence-electron chi connectivity index (χ4n) is 1.95. The molecule has 2 rings (SSSR count). The van der Waals surface area contributed by atoms with E-state index in [2.05, 4.69) is 26.0 Å². The van der Waals surface area contributed by atoms with E-state index >= 15 is 0 Å². The first-order valence-electron chi connectivity index (χ1n) is 7.73. The normalized spacial score (nSPS) is 11.0. The first-order chi connectivity index (χ1) is 11.9. The Hall–Kier alpha value is -2.06. The molecule has 0 radical (unpaired) electrons. The quantitative estimate of drug-likeness (QED) is 0.633. The van der Waals surface area contributed by atoms with E-state index in [1.807, 2.05) is 6.92 Å². The molecule has 8 heteroatoms. The molecular formula is C17H19BrN2O4S. The second-order valence-corrected chi connectivity index (χ2v) is 7.85. The van der Waals surface area contributed by atoms with Crippen LogP contribution in [0.1, 0.15) is 19.8 Å². The van der Waals surface area contributed by atoms with Crippen molar-refractivity contribution in [2.45, 2.75) is 24.7 Å². The summed E-state index contributed by atoms with van der Waals surface area (Å²) < 4.78 is 33.0. The molecule has 0 bridgehead atoms. The highest BCUT2D eigenvalue weighted by Crippen LogP contribution is 2.21. The largest absolute Gasteiger partial charge is 0.449 e. The molecule has 6 nitrogen and oxygen atoms in total. The summed E-state index contributed by atoms with van der Waals surface area (Å²) in [5, 5.41) is 2.55. The molecule has 0 aliphatic carbocycles. The number of carbonyl (C=O) groups is 1. The lowest BCUT2D eigenvalue weighted by atomic mass is 10.3. The second kappa shape index (κ2) is 8.87. The van der Waals surface area contributed by atoms with Crippen LogP contribution in [-0.2, 0) is 14.8 Å². The van der Waals surface area contributed by atoms with Crippen LogP contribution in [0.15, 0.2) is 57.9 Å². The Balaban J connectivity index is 2.02. The van der Waals surface area contributed by atoms with Crippen molar-refractivity contribution in [3.8, 4) is 0 Å². The molecule has 0 fully saturated rings. The number of sulfonamides is 1. The number of benzene rings is 2. The fraction of sp³-hybridized carbons (Fsp3) is 0.235. The topological polar surface area (TPSA) is 84.5 Å². The van der Waals surface area contributed by atoms with Crippen LogP contribution in [-0.4, -0.2) is 21.1 Å². The highest BCUT2D eigenvalue weighted by molar-refractivity contribution is 9.10. The number of rotatable bonds is 7. The minimum Gasteiger partial charge on any atom is -0.449 e. The van der Waals surface area contributed by atoms with Crippen LogP contribution in [0.4, 0.5) is 16.2 Å². The van der Waals surface area contributed by atoms with Crippen molar-refractivity contribution >= 4 is 43.4 Å². The molecule has 25 heavy (non-hydrogen) atoms. The van der Waals surface area contributed by atoms with Crippen LogP contribution in [0, 0.1) is 0 Å². The zero-order chi connectivity index (χ0) is 18.3. The lowest BCUT2D eigenvalue weighted by Crippen LogP contribution is -2.15. The van der Waals surface area contributed by atoms with Crippen LogP contribution in [0.25, 0.3) is 0 Å². The number of anilines is 2. The fourth-order valence-corrected chi connectivity index (χ4v) is 3.40. The molecule has 134 valence electrons. The minimum absolute atomic E-state index is 0.0948. The minimum atomic E-state index is -3.71. The monoisotopic (exact) mass is 426 g/mol. The Labute approximate surface area is 155 Å². The summed E-state index contributed by atoms with van der Waals surface area (Å²) in [6, 6.07) is 12.7. The number of ether oxygens (including phenoxy) is 1. The van der Waals surface area contributed by atoms with Crippen molar-refractivity contribution in [3.05, 3.63) is 53.0 Å². The van der Waals surface area contributed by atoms with Crippen molar-refractivity contribution < 1.29 is 17.9 Å². The summed E-state index contributed by atoms with van der Waals surface area (Å²) in [5.74, 6) is 0. The maximum absolute atomic E-state index is 12.4. The van der Waals surface area contributed by atoms with E-state index in [1.165, 1.54) is 24.3 Å². The van der Waals surface area contributed by atoms with Crippen molar-refractivity contribution in [1.82, 2.24) is 0 Å². The van der Waals surface area contributed by atoms with E-state index in [9.17, 15) is 13.2 Å². The SMILES string of the molecule is CCCCOC(=O)Nc1ccc(S(=O)(=O)Nc2cccc(Br)c2)cc1. The first-order valence-corrected chi connectivity index (χ1v) is 10.0. The number of hydrogen-bond acceptors (Lipinski definition) is 4. The summed E-state index contributed by atoms with van der Waals surface area (Å²) >= 11 is 3.29. The highest BCUT2D eigenvalue weighted by atomic mass is 79.9. The predicted octanol–water partition coefficient (Wildman–Crippen LogP) is 4.60. The molecule has 0 heterocycles. The Kier molecular flexibility index (Phi) is 6.83. The molecular weight excluding hydrogens is 408 g/mol. The van der Waals surface area contributed by atoms with Gasteiger partial charge in [-0.25, -0.2) is 13.2 Å². The van der Waals surface area contributed by atoms with Gasteiger partial charge in [-0.3, -0.25) is 10.0 Å². The van der Waals surface area contributed by atoms with E-state index < -0.39 is 16.1 Å². The van der Waals surface area contributed by atoms with Crippen LogP contribution in [0.3, 0.4) is 0 Å². The number of amides is 1. The van der Waals surface area contributed by atoms with Gasteiger partial charge in [-0.15, -0.1) is 0 Å². The summed E-state index contributed by atoms with van der Waals surface area (Å²) in [7, 11) is -3.71. The van der Waals surface area contributed by atoms with Gasteiger partial charge >= 0.3 is 6.09 Å². The third-order valence-corrected chi connectivity index (χ3v) is 5.11. The third-order valence-electron chi connectivity index (χ3n) is 3.22. The molecule has 0 saturated heterocycles. The van der Waals surface area contributed by atoms with Crippen molar-refractivity contribution in [1.29, 1.82) is 0 Å². The van der Waals surface area contributed by atoms with Gasteiger partial charge in [-0.1, -0.05) is 35.3 Å². The predicted molar refractivity (Wildman–Crippen MR) is 101 cm³/mol. The van der Waals surface area contributed by atoms with Crippen molar-refractivity contribution in [2.75, 3.05) is 16.6 Å². The number of hydrogen-bond donors (Lipinski definition) is 2. The van der Waals surface area contributed by atoms with Gasteiger partial charge in [0.25, 0.3) is 10.0 Å². The van der Waals surface area contributed by atoms with Gasteiger partial charge in [0.1, 0.15) is 0 Å².